The first-order valence-electron chi connectivity index (χ1n) is 8.36. The lowest BCUT2D eigenvalue weighted by atomic mass is 9.90. The molecule has 1 saturated heterocycles. The van der Waals surface area contributed by atoms with Crippen molar-refractivity contribution in [2.45, 2.75) is 32.2 Å². The molecule has 24 heavy (non-hydrogen) atoms. The SMILES string of the molecule is COc1ccc(C(NC(=O)N2CCC(C)(C(=O)O)C2)C2CC2)cc1. The largest absolute Gasteiger partial charge is 0.497 e. The fraction of sp³-hybridized carbons (Fsp3) is 0.556. The van der Waals surface area contributed by atoms with Gasteiger partial charge in [0.05, 0.1) is 18.6 Å². The molecule has 1 aromatic rings. The second kappa shape index (κ2) is 6.34. The Kier molecular flexibility index (Phi) is 4.39. The van der Waals surface area contributed by atoms with Crippen molar-refractivity contribution in [1.82, 2.24) is 10.2 Å². The van der Waals surface area contributed by atoms with Crippen LogP contribution in [0.25, 0.3) is 0 Å². The predicted octanol–water partition coefficient (Wildman–Crippen LogP) is 2.65. The average Bonchev–Trinajstić information content (AvgIpc) is 3.34. The zero-order valence-electron chi connectivity index (χ0n) is 14.1. The van der Waals surface area contributed by atoms with Gasteiger partial charge in [-0.15, -0.1) is 0 Å². The molecular weight excluding hydrogens is 308 g/mol. The smallest absolute Gasteiger partial charge is 0.317 e. The Morgan fingerprint density at radius 3 is 2.50 bits per heavy atom. The van der Waals surface area contributed by atoms with Crippen LogP contribution in [0.4, 0.5) is 4.79 Å². The second-order valence-corrected chi connectivity index (χ2v) is 7.08. The van der Waals surface area contributed by atoms with E-state index in [1.165, 1.54) is 0 Å². The number of benzene rings is 1. The van der Waals surface area contributed by atoms with Gasteiger partial charge in [-0.1, -0.05) is 12.1 Å². The summed E-state index contributed by atoms with van der Waals surface area (Å²) >= 11 is 0. The van der Waals surface area contributed by atoms with Crippen LogP contribution < -0.4 is 10.1 Å². The summed E-state index contributed by atoms with van der Waals surface area (Å²) in [5, 5.41) is 12.4. The molecule has 2 fully saturated rings. The highest BCUT2D eigenvalue weighted by Crippen LogP contribution is 2.41. The first-order valence-corrected chi connectivity index (χ1v) is 8.36. The van der Waals surface area contributed by atoms with Crippen molar-refractivity contribution in [3.05, 3.63) is 29.8 Å². The minimum absolute atomic E-state index is 0.0277. The summed E-state index contributed by atoms with van der Waals surface area (Å²) in [6.07, 6.45) is 2.69. The van der Waals surface area contributed by atoms with Crippen LogP contribution in [0.1, 0.15) is 37.8 Å². The van der Waals surface area contributed by atoms with Gasteiger partial charge in [0.25, 0.3) is 0 Å². The van der Waals surface area contributed by atoms with E-state index in [0.717, 1.165) is 24.2 Å². The molecule has 2 N–H and O–H groups in total. The summed E-state index contributed by atoms with van der Waals surface area (Å²) in [6, 6.07) is 7.55. The van der Waals surface area contributed by atoms with E-state index in [1.807, 2.05) is 24.3 Å². The number of amides is 2. The summed E-state index contributed by atoms with van der Waals surface area (Å²) in [4.78, 5) is 25.6. The molecule has 3 rings (SSSR count). The predicted molar refractivity (Wildman–Crippen MR) is 88.9 cm³/mol. The first kappa shape index (κ1) is 16.6. The van der Waals surface area contributed by atoms with Crippen molar-refractivity contribution in [3.8, 4) is 5.75 Å². The molecule has 0 spiro atoms. The maximum Gasteiger partial charge on any atom is 0.317 e. The van der Waals surface area contributed by atoms with Gasteiger partial charge >= 0.3 is 12.0 Å². The number of carbonyl (C=O) groups excluding carboxylic acids is 1. The molecule has 1 aliphatic carbocycles. The number of methoxy groups -OCH3 is 1. The monoisotopic (exact) mass is 332 g/mol. The number of nitrogens with one attached hydrogen (secondary N) is 1. The number of rotatable bonds is 5. The lowest BCUT2D eigenvalue weighted by Crippen LogP contribution is -2.42. The molecule has 2 aliphatic rings. The van der Waals surface area contributed by atoms with Crippen LogP contribution in [-0.4, -0.2) is 42.2 Å². The number of carboxylic acids is 1. The van der Waals surface area contributed by atoms with Crippen molar-refractivity contribution < 1.29 is 19.4 Å². The van der Waals surface area contributed by atoms with E-state index in [9.17, 15) is 14.7 Å². The Morgan fingerprint density at radius 1 is 1.33 bits per heavy atom. The van der Waals surface area contributed by atoms with Crippen LogP contribution in [0.2, 0.25) is 0 Å². The van der Waals surface area contributed by atoms with Crippen LogP contribution in [0.15, 0.2) is 24.3 Å². The van der Waals surface area contributed by atoms with E-state index >= 15 is 0 Å². The molecule has 0 radical (unpaired) electrons. The van der Waals surface area contributed by atoms with Crippen molar-refractivity contribution in [3.63, 3.8) is 0 Å². The average molecular weight is 332 g/mol. The van der Waals surface area contributed by atoms with E-state index in [-0.39, 0.29) is 18.6 Å². The van der Waals surface area contributed by atoms with Crippen LogP contribution in [-0.2, 0) is 4.79 Å². The standard InChI is InChI=1S/C18H24N2O4/c1-18(16(21)22)9-10-20(11-18)17(23)19-15(12-3-4-12)13-5-7-14(24-2)8-6-13/h5-8,12,15H,3-4,9-11H2,1-2H3,(H,19,23)(H,21,22). The summed E-state index contributed by atoms with van der Waals surface area (Å²) in [7, 11) is 1.63. The van der Waals surface area contributed by atoms with Gasteiger partial charge in [0.2, 0.25) is 0 Å². The molecular formula is C18H24N2O4. The molecule has 1 aromatic carbocycles. The number of ether oxygens (including phenoxy) is 1. The van der Waals surface area contributed by atoms with Gasteiger partial charge in [0, 0.05) is 13.1 Å². The number of aliphatic carboxylic acids is 1. The molecule has 0 aromatic heterocycles. The fourth-order valence-electron chi connectivity index (χ4n) is 3.25. The van der Waals surface area contributed by atoms with Gasteiger partial charge in [-0.2, -0.15) is 0 Å². The van der Waals surface area contributed by atoms with E-state index in [4.69, 9.17) is 4.74 Å². The van der Waals surface area contributed by atoms with Crippen molar-refractivity contribution in [1.29, 1.82) is 0 Å². The number of carboxylic acid groups (broad SMARTS) is 1. The molecule has 6 heteroatoms. The number of hydrogen-bond donors (Lipinski definition) is 2. The molecule has 0 bridgehead atoms. The highest BCUT2D eigenvalue weighted by Gasteiger charge is 2.43. The van der Waals surface area contributed by atoms with E-state index in [2.05, 4.69) is 5.32 Å². The molecule has 130 valence electrons. The zero-order valence-corrected chi connectivity index (χ0v) is 14.1. The number of hydrogen-bond acceptors (Lipinski definition) is 3. The second-order valence-electron chi connectivity index (χ2n) is 7.08. The number of nitrogens with zero attached hydrogens (tertiary/aromatic N) is 1. The minimum Gasteiger partial charge on any atom is -0.497 e. The molecule has 1 aliphatic heterocycles. The van der Waals surface area contributed by atoms with Gasteiger partial charge in [-0.25, -0.2) is 4.79 Å². The number of urea groups is 1. The third kappa shape index (κ3) is 3.32. The Balaban J connectivity index is 1.68. The molecule has 1 heterocycles. The lowest BCUT2D eigenvalue weighted by Gasteiger charge is -2.25. The van der Waals surface area contributed by atoms with Crippen molar-refractivity contribution in [2.75, 3.05) is 20.2 Å². The number of carbonyl (C=O) groups is 2. The molecule has 1 saturated carbocycles. The van der Waals surface area contributed by atoms with E-state index in [1.54, 1.807) is 18.9 Å². The van der Waals surface area contributed by atoms with Crippen LogP contribution in [0, 0.1) is 11.3 Å². The lowest BCUT2D eigenvalue weighted by molar-refractivity contribution is -0.147. The summed E-state index contributed by atoms with van der Waals surface area (Å²) < 4.78 is 5.18. The topological polar surface area (TPSA) is 78.9 Å². The summed E-state index contributed by atoms with van der Waals surface area (Å²) in [5.74, 6) is 0.402. The molecule has 6 nitrogen and oxygen atoms in total. The maximum atomic E-state index is 12.6. The molecule has 2 atom stereocenters. The Labute approximate surface area is 141 Å². The fourth-order valence-corrected chi connectivity index (χ4v) is 3.25. The quantitative estimate of drug-likeness (QED) is 0.869. The third-order valence-electron chi connectivity index (χ3n) is 5.12. The van der Waals surface area contributed by atoms with Crippen molar-refractivity contribution >= 4 is 12.0 Å². The van der Waals surface area contributed by atoms with Crippen LogP contribution in [0.3, 0.4) is 0 Å². The van der Waals surface area contributed by atoms with Crippen LogP contribution >= 0.6 is 0 Å². The first-order chi connectivity index (χ1) is 11.4. The van der Waals surface area contributed by atoms with Gasteiger partial charge in [0.15, 0.2) is 0 Å². The highest BCUT2D eigenvalue weighted by atomic mass is 16.5. The van der Waals surface area contributed by atoms with E-state index in [0.29, 0.717) is 18.9 Å². The van der Waals surface area contributed by atoms with Gasteiger partial charge in [0.1, 0.15) is 5.75 Å². The Morgan fingerprint density at radius 2 is 2.00 bits per heavy atom. The normalized spacial score (nSPS) is 24.5. The summed E-state index contributed by atoms with van der Waals surface area (Å²) in [6.45, 7) is 2.44. The number of likely N-dealkylation sites (tertiary alicyclic amines) is 1. The third-order valence-corrected chi connectivity index (χ3v) is 5.12. The van der Waals surface area contributed by atoms with E-state index < -0.39 is 11.4 Å². The Bertz CT molecular complexity index is 626. The highest BCUT2D eigenvalue weighted by molar-refractivity contribution is 5.79. The van der Waals surface area contributed by atoms with Gasteiger partial charge in [-0.3, -0.25) is 4.79 Å². The van der Waals surface area contributed by atoms with Gasteiger partial charge < -0.3 is 20.1 Å². The molecule has 2 amide bonds. The minimum atomic E-state index is -0.841. The van der Waals surface area contributed by atoms with Crippen molar-refractivity contribution in [2.24, 2.45) is 11.3 Å². The zero-order chi connectivity index (χ0) is 17.3. The van der Waals surface area contributed by atoms with Gasteiger partial charge in [-0.05, 0) is 49.8 Å². The summed E-state index contributed by atoms with van der Waals surface area (Å²) in [5.41, 5.74) is 0.221. The van der Waals surface area contributed by atoms with Crippen LogP contribution in [0.5, 0.6) is 5.75 Å². The molecule has 2 unspecified atom stereocenters. The maximum absolute atomic E-state index is 12.6. The Hall–Kier alpha value is -2.24.